The largest absolute Gasteiger partial charge is 0.496 e. The van der Waals surface area contributed by atoms with Gasteiger partial charge >= 0.3 is 5.97 Å². The fourth-order valence-corrected chi connectivity index (χ4v) is 4.00. The number of carboxylic acid groups (broad SMARTS) is 1. The highest BCUT2D eigenvalue weighted by Gasteiger charge is 2.25. The van der Waals surface area contributed by atoms with Crippen LogP contribution in [0.2, 0.25) is 0 Å². The summed E-state index contributed by atoms with van der Waals surface area (Å²) >= 11 is 0. The first-order chi connectivity index (χ1) is 13.2. The van der Waals surface area contributed by atoms with Crippen molar-refractivity contribution < 1.29 is 14.6 Å². The van der Waals surface area contributed by atoms with Gasteiger partial charge < -0.3 is 14.4 Å². The smallest absolute Gasteiger partial charge is 0.306 e. The molecule has 0 atom stereocenters. The van der Waals surface area contributed by atoms with Gasteiger partial charge in [0.15, 0.2) is 0 Å². The zero-order valence-electron chi connectivity index (χ0n) is 15.5. The number of likely N-dealkylation sites (tertiary alicyclic amines) is 1. The Balaban J connectivity index is 1.71. The molecule has 2 aromatic carbocycles. The van der Waals surface area contributed by atoms with Crippen LogP contribution in [0.15, 0.2) is 54.6 Å². The number of para-hydroxylation sites is 1. The molecule has 0 bridgehead atoms. The number of hydrogen-bond acceptors (Lipinski definition) is 3. The fourth-order valence-electron chi connectivity index (χ4n) is 4.00. The maximum atomic E-state index is 11.2. The Bertz CT molecular complexity index is 941. The summed E-state index contributed by atoms with van der Waals surface area (Å²) in [6, 6.07) is 18.6. The van der Waals surface area contributed by atoms with Crippen molar-refractivity contribution in [3.8, 4) is 11.4 Å². The molecule has 0 amide bonds. The Hall–Kier alpha value is -2.79. The van der Waals surface area contributed by atoms with Crippen molar-refractivity contribution in [1.29, 1.82) is 0 Å². The lowest BCUT2D eigenvalue weighted by Gasteiger charge is -2.30. The maximum absolute atomic E-state index is 11.2. The summed E-state index contributed by atoms with van der Waals surface area (Å²) in [4.78, 5) is 13.6. The van der Waals surface area contributed by atoms with E-state index in [2.05, 4.69) is 33.7 Å². The van der Waals surface area contributed by atoms with E-state index >= 15 is 0 Å². The van der Waals surface area contributed by atoms with E-state index in [0.29, 0.717) is 12.8 Å². The highest BCUT2D eigenvalue weighted by Crippen LogP contribution is 2.32. The molecule has 1 N–H and O–H groups in total. The number of ether oxygens (including phenoxy) is 1. The molecular formula is C22H24N2O3. The van der Waals surface area contributed by atoms with Gasteiger partial charge in [-0.15, -0.1) is 0 Å². The number of fused-ring (bicyclic) bond motifs is 1. The van der Waals surface area contributed by atoms with Crippen LogP contribution in [-0.2, 0) is 11.3 Å². The lowest BCUT2D eigenvalue weighted by atomic mass is 9.97. The molecular weight excluding hydrogens is 340 g/mol. The number of nitrogens with zero attached hydrogens (tertiary/aromatic N) is 2. The van der Waals surface area contributed by atoms with Crippen LogP contribution in [0.1, 0.15) is 18.5 Å². The van der Waals surface area contributed by atoms with Gasteiger partial charge in [0.2, 0.25) is 0 Å². The van der Waals surface area contributed by atoms with E-state index in [1.807, 2.05) is 30.3 Å². The minimum Gasteiger partial charge on any atom is -0.496 e. The van der Waals surface area contributed by atoms with E-state index in [1.54, 1.807) is 7.11 Å². The SMILES string of the molecule is COc1cccc2c1cc(CN1CCC(C(=O)O)CC1)n2-c1ccccc1. The first-order valence-corrected chi connectivity index (χ1v) is 9.35. The normalized spacial score (nSPS) is 15.9. The van der Waals surface area contributed by atoms with Crippen molar-refractivity contribution in [3.63, 3.8) is 0 Å². The number of carbonyl (C=O) groups is 1. The molecule has 5 nitrogen and oxygen atoms in total. The summed E-state index contributed by atoms with van der Waals surface area (Å²) in [6.45, 7) is 2.41. The van der Waals surface area contributed by atoms with Crippen molar-refractivity contribution in [3.05, 3.63) is 60.3 Å². The van der Waals surface area contributed by atoms with E-state index in [1.165, 1.54) is 5.69 Å². The van der Waals surface area contributed by atoms with Crippen molar-refractivity contribution in [2.45, 2.75) is 19.4 Å². The van der Waals surface area contributed by atoms with Gasteiger partial charge in [-0.25, -0.2) is 0 Å². The summed E-state index contributed by atoms with van der Waals surface area (Å²) in [5, 5.41) is 10.3. The molecule has 4 rings (SSSR count). The van der Waals surface area contributed by atoms with E-state index in [4.69, 9.17) is 4.74 Å². The van der Waals surface area contributed by atoms with Crippen LogP contribution in [0.25, 0.3) is 16.6 Å². The van der Waals surface area contributed by atoms with Gasteiger partial charge in [-0.05, 0) is 56.3 Å². The number of hydrogen-bond donors (Lipinski definition) is 1. The van der Waals surface area contributed by atoms with Gasteiger partial charge in [-0.3, -0.25) is 9.69 Å². The molecule has 1 aliphatic heterocycles. The number of aromatic nitrogens is 1. The quantitative estimate of drug-likeness (QED) is 0.745. The van der Waals surface area contributed by atoms with Crippen LogP contribution in [0.3, 0.4) is 0 Å². The molecule has 1 aromatic heterocycles. The third kappa shape index (κ3) is 3.43. The summed E-state index contributed by atoms with van der Waals surface area (Å²) in [6.07, 6.45) is 1.43. The maximum Gasteiger partial charge on any atom is 0.306 e. The molecule has 0 aliphatic carbocycles. The lowest BCUT2D eigenvalue weighted by Crippen LogP contribution is -2.36. The monoisotopic (exact) mass is 364 g/mol. The van der Waals surface area contributed by atoms with Crippen molar-refractivity contribution in [2.24, 2.45) is 5.92 Å². The average Bonchev–Trinajstić information content (AvgIpc) is 3.07. The molecule has 2 heterocycles. The van der Waals surface area contributed by atoms with Crippen LogP contribution in [0.4, 0.5) is 0 Å². The Morgan fingerprint density at radius 2 is 1.85 bits per heavy atom. The predicted molar refractivity (Wildman–Crippen MR) is 105 cm³/mol. The van der Waals surface area contributed by atoms with Gasteiger partial charge in [0.1, 0.15) is 5.75 Å². The number of rotatable bonds is 5. The van der Waals surface area contributed by atoms with Crippen LogP contribution < -0.4 is 4.74 Å². The second kappa shape index (κ2) is 7.45. The zero-order valence-corrected chi connectivity index (χ0v) is 15.5. The number of carboxylic acids is 1. The molecule has 0 unspecified atom stereocenters. The predicted octanol–water partition coefficient (Wildman–Crippen LogP) is 3.94. The second-order valence-electron chi connectivity index (χ2n) is 7.09. The number of methoxy groups -OCH3 is 1. The van der Waals surface area contributed by atoms with E-state index < -0.39 is 5.97 Å². The number of aliphatic carboxylic acids is 1. The van der Waals surface area contributed by atoms with Crippen molar-refractivity contribution in [2.75, 3.05) is 20.2 Å². The second-order valence-corrected chi connectivity index (χ2v) is 7.09. The standard InChI is InChI=1S/C22H24N2O3/c1-27-21-9-5-8-20-19(21)14-18(24(20)17-6-3-2-4-7-17)15-23-12-10-16(11-13-23)22(25)26/h2-9,14,16H,10-13,15H2,1H3,(H,25,26). The average molecular weight is 364 g/mol. The molecule has 3 aromatic rings. The Kier molecular flexibility index (Phi) is 4.86. The molecule has 0 radical (unpaired) electrons. The van der Waals surface area contributed by atoms with Gasteiger partial charge in [0, 0.05) is 23.3 Å². The van der Waals surface area contributed by atoms with Crippen LogP contribution in [0.5, 0.6) is 5.75 Å². The van der Waals surface area contributed by atoms with Crippen LogP contribution in [0, 0.1) is 5.92 Å². The topological polar surface area (TPSA) is 54.7 Å². The van der Waals surface area contributed by atoms with Crippen molar-refractivity contribution >= 4 is 16.9 Å². The lowest BCUT2D eigenvalue weighted by molar-refractivity contribution is -0.143. The van der Waals surface area contributed by atoms with E-state index in [-0.39, 0.29) is 5.92 Å². The molecule has 1 aliphatic rings. The third-order valence-electron chi connectivity index (χ3n) is 5.44. The van der Waals surface area contributed by atoms with Gasteiger partial charge in [0.25, 0.3) is 0 Å². The minimum atomic E-state index is -0.669. The summed E-state index contributed by atoms with van der Waals surface area (Å²) < 4.78 is 7.85. The van der Waals surface area contributed by atoms with E-state index in [0.717, 1.165) is 42.0 Å². The molecule has 0 spiro atoms. The molecule has 27 heavy (non-hydrogen) atoms. The molecule has 140 valence electrons. The van der Waals surface area contributed by atoms with Crippen LogP contribution >= 0.6 is 0 Å². The number of benzene rings is 2. The van der Waals surface area contributed by atoms with Crippen molar-refractivity contribution in [1.82, 2.24) is 9.47 Å². The van der Waals surface area contributed by atoms with Gasteiger partial charge in [-0.2, -0.15) is 0 Å². The molecule has 5 heteroatoms. The number of piperidine rings is 1. The third-order valence-corrected chi connectivity index (χ3v) is 5.44. The summed E-state index contributed by atoms with van der Waals surface area (Å²) in [5.41, 5.74) is 3.43. The molecule has 1 fully saturated rings. The molecule has 0 saturated carbocycles. The first-order valence-electron chi connectivity index (χ1n) is 9.35. The Morgan fingerprint density at radius 1 is 1.11 bits per heavy atom. The Morgan fingerprint density at radius 3 is 2.52 bits per heavy atom. The highest BCUT2D eigenvalue weighted by atomic mass is 16.5. The first kappa shape index (κ1) is 17.6. The fraction of sp³-hybridized carbons (Fsp3) is 0.318. The Labute approximate surface area is 158 Å². The zero-order chi connectivity index (χ0) is 18.8. The molecule has 1 saturated heterocycles. The highest BCUT2D eigenvalue weighted by molar-refractivity contribution is 5.89. The van der Waals surface area contributed by atoms with E-state index in [9.17, 15) is 9.90 Å². The van der Waals surface area contributed by atoms with Gasteiger partial charge in [-0.1, -0.05) is 24.3 Å². The summed E-state index contributed by atoms with van der Waals surface area (Å²) in [5.74, 6) is -0.00729. The minimum absolute atomic E-state index is 0.207. The summed E-state index contributed by atoms with van der Waals surface area (Å²) in [7, 11) is 1.70. The van der Waals surface area contributed by atoms with Gasteiger partial charge in [0.05, 0.1) is 18.5 Å². The van der Waals surface area contributed by atoms with Crippen LogP contribution in [-0.4, -0.2) is 40.7 Å².